The molecule has 0 aliphatic carbocycles. The maximum atomic E-state index is 13.3. The Morgan fingerprint density at radius 3 is 2.72 bits per heavy atom. The summed E-state index contributed by atoms with van der Waals surface area (Å²) in [6, 6.07) is 1.68. The van der Waals surface area contributed by atoms with Gasteiger partial charge in [0.15, 0.2) is 5.82 Å². The highest BCUT2D eigenvalue weighted by Crippen LogP contribution is 2.25. The van der Waals surface area contributed by atoms with Crippen molar-refractivity contribution in [2.24, 2.45) is 5.84 Å². The Labute approximate surface area is 102 Å². The Morgan fingerprint density at radius 2 is 2.22 bits per heavy atom. The third-order valence-corrected chi connectivity index (χ3v) is 2.22. The molecule has 0 fully saturated rings. The summed E-state index contributed by atoms with van der Waals surface area (Å²) in [7, 11) is 0. The molecule has 0 unspecified atom stereocenters. The highest BCUT2D eigenvalue weighted by Gasteiger charge is 2.23. The van der Waals surface area contributed by atoms with Gasteiger partial charge in [-0.05, 0) is 12.5 Å². The molecule has 1 amide bonds. The number of nitrogens with one attached hydrogen (secondary N) is 2. The summed E-state index contributed by atoms with van der Waals surface area (Å²) >= 11 is 0. The molecule has 0 saturated heterocycles. The van der Waals surface area contributed by atoms with E-state index in [1.165, 1.54) is 0 Å². The number of anilines is 1. The standard InChI is InChI=1S/C10H13FN4O3/c1-2-3-13-10(16)6-4-8(14-12)7(11)5-9(6)15(17)18/h4-5,14H,2-3,12H2,1H3,(H,13,16). The van der Waals surface area contributed by atoms with Crippen LogP contribution in [-0.2, 0) is 0 Å². The maximum Gasteiger partial charge on any atom is 0.285 e. The van der Waals surface area contributed by atoms with E-state index in [1.54, 1.807) is 0 Å². The summed E-state index contributed by atoms with van der Waals surface area (Å²) in [5.74, 6) is 3.52. The second-order valence-electron chi connectivity index (χ2n) is 3.51. The molecule has 0 saturated carbocycles. The minimum atomic E-state index is -0.892. The van der Waals surface area contributed by atoms with Gasteiger partial charge in [-0.2, -0.15) is 0 Å². The SMILES string of the molecule is CCCNC(=O)c1cc(NN)c(F)cc1[N+](=O)[O-]. The van der Waals surface area contributed by atoms with Gasteiger partial charge in [-0.15, -0.1) is 0 Å². The van der Waals surface area contributed by atoms with Crippen LogP contribution in [0.2, 0.25) is 0 Å². The van der Waals surface area contributed by atoms with E-state index in [0.29, 0.717) is 19.0 Å². The number of amides is 1. The van der Waals surface area contributed by atoms with E-state index in [-0.39, 0.29) is 11.3 Å². The lowest BCUT2D eigenvalue weighted by Crippen LogP contribution is -2.25. The molecule has 0 radical (unpaired) electrons. The second-order valence-corrected chi connectivity index (χ2v) is 3.51. The molecule has 0 bridgehead atoms. The van der Waals surface area contributed by atoms with E-state index in [2.05, 4.69) is 5.32 Å². The van der Waals surface area contributed by atoms with Crippen molar-refractivity contribution >= 4 is 17.3 Å². The Kier molecular flexibility index (Phi) is 4.55. The topological polar surface area (TPSA) is 110 Å². The molecule has 1 rings (SSSR count). The summed E-state index contributed by atoms with van der Waals surface area (Å²) in [6.45, 7) is 2.21. The van der Waals surface area contributed by atoms with Crippen molar-refractivity contribution in [3.8, 4) is 0 Å². The van der Waals surface area contributed by atoms with Gasteiger partial charge in [-0.1, -0.05) is 6.92 Å². The van der Waals surface area contributed by atoms with Crippen molar-refractivity contribution < 1.29 is 14.1 Å². The largest absolute Gasteiger partial charge is 0.352 e. The molecule has 1 aromatic rings. The van der Waals surface area contributed by atoms with E-state index in [1.807, 2.05) is 12.3 Å². The summed E-state index contributed by atoms with van der Waals surface area (Å²) < 4.78 is 13.3. The van der Waals surface area contributed by atoms with Gasteiger partial charge in [0.05, 0.1) is 16.7 Å². The lowest BCUT2D eigenvalue weighted by Gasteiger charge is -2.07. The predicted molar refractivity (Wildman–Crippen MR) is 63.5 cm³/mol. The molecule has 0 aromatic heterocycles. The molecule has 1 aromatic carbocycles. The van der Waals surface area contributed by atoms with Crippen LogP contribution < -0.4 is 16.6 Å². The summed E-state index contributed by atoms with van der Waals surface area (Å²) in [6.07, 6.45) is 0.683. The second kappa shape index (κ2) is 5.92. The van der Waals surface area contributed by atoms with Crippen molar-refractivity contribution in [3.05, 3.63) is 33.6 Å². The van der Waals surface area contributed by atoms with Crippen molar-refractivity contribution in [2.45, 2.75) is 13.3 Å². The first-order chi connectivity index (χ1) is 8.51. The maximum absolute atomic E-state index is 13.3. The van der Waals surface area contributed by atoms with Crippen molar-refractivity contribution in [1.29, 1.82) is 0 Å². The first-order valence-corrected chi connectivity index (χ1v) is 5.24. The van der Waals surface area contributed by atoms with E-state index in [0.717, 1.165) is 6.07 Å². The molecule has 7 nitrogen and oxygen atoms in total. The van der Waals surface area contributed by atoms with Gasteiger partial charge >= 0.3 is 0 Å². The van der Waals surface area contributed by atoms with Crippen LogP contribution in [-0.4, -0.2) is 17.4 Å². The monoisotopic (exact) mass is 256 g/mol. The zero-order chi connectivity index (χ0) is 13.7. The fourth-order valence-corrected chi connectivity index (χ4v) is 1.34. The van der Waals surface area contributed by atoms with Gasteiger partial charge in [-0.25, -0.2) is 4.39 Å². The zero-order valence-electron chi connectivity index (χ0n) is 9.70. The van der Waals surface area contributed by atoms with E-state index in [9.17, 15) is 19.3 Å². The summed E-state index contributed by atoms with van der Waals surface area (Å²) in [4.78, 5) is 21.6. The quantitative estimate of drug-likeness (QED) is 0.416. The minimum Gasteiger partial charge on any atom is -0.352 e. The molecular weight excluding hydrogens is 243 g/mol. The number of benzene rings is 1. The average Bonchev–Trinajstić information content (AvgIpc) is 2.35. The Hall–Kier alpha value is -2.22. The number of rotatable bonds is 5. The number of hydrogen-bond acceptors (Lipinski definition) is 5. The number of carbonyl (C=O) groups is 1. The number of carbonyl (C=O) groups excluding carboxylic acids is 1. The van der Waals surface area contributed by atoms with Crippen molar-refractivity contribution in [1.82, 2.24) is 5.32 Å². The molecule has 0 heterocycles. The summed E-state index contributed by atoms with van der Waals surface area (Å²) in [5, 5.41) is 13.2. The summed E-state index contributed by atoms with van der Waals surface area (Å²) in [5.41, 5.74) is 1.03. The molecule has 0 spiro atoms. The van der Waals surface area contributed by atoms with Gasteiger partial charge in [-0.3, -0.25) is 20.8 Å². The van der Waals surface area contributed by atoms with E-state index in [4.69, 9.17) is 5.84 Å². The van der Waals surface area contributed by atoms with Crippen LogP contribution in [0.1, 0.15) is 23.7 Å². The molecule has 0 aliphatic rings. The predicted octanol–water partition coefficient (Wildman–Crippen LogP) is 1.16. The van der Waals surface area contributed by atoms with Gasteiger partial charge < -0.3 is 10.7 Å². The minimum absolute atomic E-state index is 0.178. The molecule has 8 heteroatoms. The van der Waals surface area contributed by atoms with Gasteiger partial charge in [0.2, 0.25) is 0 Å². The van der Waals surface area contributed by atoms with Crippen molar-refractivity contribution in [2.75, 3.05) is 12.0 Å². The van der Waals surface area contributed by atoms with Crippen molar-refractivity contribution in [3.63, 3.8) is 0 Å². The number of nitrogens with zero attached hydrogens (tertiary/aromatic N) is 1. The van der Waals surface area contributed by atoms with E-state index >= 15 is 0 Å². The normalized spacial score (nSPS) is 9.94. The molecule has 0 aliphatic heterocycles. The fourth-order valence-electron chi connectivity index (χ4n) is 1.34. The van der Waals surface area contributed by atoms with Gasteiger partial charge in [0.1, 0.15) is 5.56 Å². The number of nitro groups is 1. The Bertz CT molecular complexity index is 478. The highest BCUT2D eigenvalue weighted by atomic mass is 19.1. The van der Waals surface area contributed by atoms with Crippen LogP contribution in [0.5, 0.6) is 0 Å². The third kappa shape index (κ3) is 2.92. The van der Waals surface area contributed by atoms with Crippen LogP contribution in [0.4, 0.5) is 15.8 Å². The lowest BCUT2D eigenvalue weighted by molar-refractivity contribution is -0.385. The fraction of sp³-hybridized carbons (Fsp3) is 0.300. The molecule has 0 atom stereocenters. The molecular formula is C10H13FN4O3. The molecule has 4 N–H and O–H groups in total. The smallest absolute Gasteiger partial charge is 0.285 e. The van der Waals surface area contributed by atoms with Gasteiger partial charge in [0, 0.05) is 6.54 Å². The first-order valence-electron chi connectivity index (χ1n) is 5.24. The first kappa shape index (κ1) is 13.8. The van der Waals surface area contributed by atoms with Crippen LogP contribution in [0.3, 0.4) is 0 Å². The Balaban J connectivity index is 3.21. The van der Waals surface area contributed by atoms with Crippen LogP contribution in [0.25, 0.3) is 0 Å². The number of hydrazine groups is 1. The van der Waals surface area contributed by atoms with E-state index < -0.39 is 22.3 Å². The van der Waals surface area contributed by atoms with Crippen LogP contribution in [0, 0.1) is 15.9 Å². The number of nitrogens with two attached hydrogens (primary N) is 1. The van der Waals surface area contributed by atoms with Crippen LogP contribution >= 0.6 is 0 Å². The highest BCUT2D eigenvalue weighted by molar-refractivity contribution is 5.99. The molecule has 18 heavy (non-hydrogen) atoms. The Morgan fingerprint density at radius 1 is 1.56 bits per heavy atom. The number of nitrogen functional groups attached to an aromatic ring is 1. The number of nitro benzene ring substituents is 1. The average molecular weight is 256 g/mol. The van der Waals surface area contributed by atoms with Crippen LogP contribution in [0.15, 0.2) is 12.1 Å². The zero-order valence-corrected chi connectivity index (χ0v) is 9.70. The third-order valence-electron chi connectivity index (χ3n) is 2.22. The number of halogens is 1. The lowest BCUT2D eigenvalue weighted by atomic mass is 10.1. The van der Waals surface area contributed by atoms with Gasteiger partial charge in [0.25, 0.3) is 11.6 Å². The number of hydrogen-bond donors (Lipinski definition) is 3. The molecule has 98 valence electrons.